The van der Waals surface area contributed by atoms with E-state index in [1.54, 1.807) is 0 Å². The molecule has 0 amide bonds. The van der Waals surface area contributed by atoms with E-state index in [1.165, 1.54) is 11.3 Å². The molecule has 0 bridgehead atoms. The summed E-state index contributed by atoms with van der Waals surface area (Å²) in [6.45, 7) is 1.67. The highest BCUT2D eigenvalue weighted by molar-refractivity contribution is 5.56. The van der Waals surface area contributed by atoms with E-state index in [0.29, 0.717) is 11.8 Å². The number of rotatable bonds is 3. The zero-order valence-corrected chi connectivity index (χ0v) is 11.2. The van der Waals surface area contributed by atoms with E-state index in [-0.39, 0.29) is 6.04 Å². The smallest absolute Gasteiger partial charge is 0.249 e. The number of nitrogens with zero attached hydrogens (tertiary/aromatic N) is 2. The molecule has 20 heavy (non-hydrogen) atoms. The van der Waals surface area contributed by atoms with Crippen LogP contribution in [0.1, 0.15) is 29.7 Å². The number of nitrogens with one attached hydrogen (secondary N) is 1. The van der Waals surface area contributed by atoms with E-state index in [1.807, 2.05) is 6.07 Å². The molecule has 0 radical (unpaired) electrons. The molecule has 1 N–H and O–H groups in total. The van der Waals surface area contributed by atoms with Crippen molar-refractivity contribution in [2.75, 3.05) is 18.5 Å². The summed E-state index contributed by atoms with van der Waals surface area (Å²) in [6, 6.07) is 8.42. The van der Waals surface area contributed by atoms with Crippen molar-refractivity contribution in [1.29, 1.82) is 0 Å². The highest BCUT2D eigenvalue weighted by atomic mass is 16.5. The molecule has 0 spiro atoms. The lowest BCUT2D eigenvalue weighted by Gasteiger charge is -2.04. The number of hydrogen-bond donors (Lipinski definition) is 1. The predicted molar refractivity (Wildman–Crippen MR) is 73.4 cm³/mol. The van der Waals surface area contributed by atoms with Crippen molar-refractivity contribution in [2.24, 2.45) is 5.92 Å². The molecule has 2 atom stereocenters. The molecule has 2 aliphatic rings. The van der Waals surface area contributed by atoms with E-state index >= 15 is 0 Å². The average Bonchev–Trinajstić information content (AvgIpc) is 3.18. The Hall–Kier alpha value is -1.88. The van der Waals surface area contributed by atoms with E-state index < -0.39 is 0 Å². The Bertz CT molecular complexity index is 580. The second-order valence-corrected chi connectivity index (χ2v) is 5.54. The first-order valence-corrected chi connectivity index (χ1v) is 7.13. The van der Waals surface area contributed by atoms with Gasteiger partial charge in [0.25, 0.3) is 0 Å². The highest BCUT2D eigenvalue weighted by Gasteiger charge is 2.27. The van der Waals surface area contributed by atoms with Crippen LogP contribution in [0.4, 0.5) is 5.69 Å². The fraction of sp³-hybridized carbons (Fsp3) is 0.467. The molecule has 1 aromatic heterocycles. The topological polar surface area (TPSA) is 60.2 Å². The van der Waals surface area contributed by atoms with Crippen molar-refractivity contribution in [3.8, 4) is 0 Å². The van der Waals surface area contributed by atoms with Crippen LogP contribution in [-0.2, 0) is 17.6 Å². The summed E-state index contributed by atoms with van der Waals surface area (Å²) in [7, 11) is 0. The van der Waals surface area contributed by atoms with Gasteiger partial charge in [0.15, 0.2) is 5.82 Å². The van der Waals surface area contributed by atoms with E-state index in [2.05, 4.69) is 33.7 Å². The molecule has 2 unspecified atom stereocenters. The molecule has 5 heteroatoms. The Balaban J connectivity index is 1.46. The molecule has 2 aliphatic heterocycles. The maximum atomic E-state index is 5.43. The predicted octanol–water partition coefficient (Wildman–Crippen LogP) is 2.36. The van der Waals surface area contributed by atoms with Gasteiger partial charge in [-0.3, -0.25) is 0 Å². The van der Waals surface area contributed by atoms with Gasteiger partial charge >= 0.3 is 0 Å². The van der Waals surface area contributed by atoms with Gasteiger partial charge in [-0.05, 0) is 24.0 Å². The van der Waals surface area contributed by atoms with Crippen molar-refractivity contribution in [3.63, 3.8) is 0 Å². The zero-order chi connectivity index (χ0) is 13.4. The SMILES string of the molecule is c1ccc2c(c1)CC(c1nc(CC3CCOC3)no1)N2. The van der Waals surface area contributed by atoms with Crippen LogP contribution < -0.4 is 5.32 Å². The summed E-state index contributed by atoms with van der Waals surface area (Å²) >= 11 is 0. The summed E-state index contributed by atoms with van der Waals surface area (Å²) < 4.78 is 10.8. The van der Waals surface area contributed by atoms with Crippen molar-refractivity contribution in [1.82, 2.24) is 10.1 Å². The highest BCUT2D eigenvalue weighted by Crippen LogP contribution is 2.33. The van der Waals surface area contributed by atoms with E-state index in [4.69, 9.17) is 9.26 Å². The third kappa shape index (κ3) is 2.18. The monoisotopic (exact) mass is 271 g/mol. The largest absolute Gasteiger partial charge is 0.381 e. The van der Waals surface area contributed by atoms with Gasteiger partial charge in [-0.2, -0.15) is 4.98 Å². The van der Waals surface area contributed by atoms with Gasteiger partial charge in [0.2, 0.25) is 5.89 Å². The first-order chi connectivity index (χ1) is 9.88. The molecule has 104 valence electrons. The molecule has 2 aromatic rings. The average molecular weight is 271 g/mol. The van der Waals surface area contributed by atoms with Gasteiger partial charge in [0, 0.05) is 31.7 Å². The molecule has 4 rings (SSSR count). The fourth-order valence-corrected chi connectivity index (χ4v) is 2.94. The van der Waals surface area contributed by atoms with Crippen LogP contribution in [0, 0.1) is 5.92 Å². The normalized spacial score (nSPS) is 24.6. The Morgan fingerprint density at radius 2 is 2.25 bits per heavy atom. The third-order valence-electron chi connectivity index (χ3n) is 4.05. The quantitative estimate of drug-likeness (QED) is 0.928. The van der Waals surface area contributed by atoms with Crippen molar-refractivity contribution < 1.29 is 9.26 Å². The van der Waals surface area contributed by atoms with Crippen LogP contribution in [0.3, 0.4) is 0 Å². The fourth-order valence-electron chi connectivity index (χ4n) is 2.94. The second-order valence-electron chi connectivity index (χ2n) is 5.54. The summed E-state index contributed by atoms with van der Waals surface area (Å²) in [5.41, 5.74) is 2.47. The molecule has 1 fully saturated rings. The molecule has 0 saturated carbocycles. The van der Waals surface area contributed by atoms with Gasteiger partial charge in [0.05, 0.1) is 0 Å². The molecule has 1 saturated heterocycles. The Morgan fingerprint density at radius 3 is 3.10 bits per heavy atom. The second kappa shape index (κ2) is 4.90. The van der Waals surface area contributed by atoms with Crippen LogP contribution in [-0.4, -0.2) is 23.4 Å². The van der Waals surface area contributed by atoms with Gasteiger partial charge in [-0.25, -0.2) is 0 Å². The van der Waals surface area contributed by atoms with Gasteiger partial charge < -0.3 is 14.6 Å². The minimum absolute atomic E-state index is 0.105. The minimum Gasteiger partial charge on any atom is -0.381 e. The van der Waals surface area contributed by atoms with Crippen LogP contribution in [0.5, 0.6) is 0 Å². The number of hydrogen-bond acceptors (Lipinski definition) is 5. The Kier molecular flexibility index (Phi) is 2.92. The van der Waals surface area contributed by atoms with Gasteiger partial charge in [-0.1, -0.05) is 23.4 Å². The Labute approximate surface area is 117 Å². The summed E-state index contributed by atoms with van der Waals surface area (Å²) in [5, 5.41) is 7.54. The Morgan fingerprint density at radius 1 is 1.30 bits per heavy atom. The standard InChI is InChI=1S/C15H17N3O2/c1-2-4-12-11(3-1)8-13(16-12)15-17-14(18-20-15)7-10-5-6-19-9-10/h1-4,10,13,16H,5-9H2. The minimum atomic E-state index is 0.105. The van der Waals surface area contributed by atoms with Crippen molar-refractivity contribution in [2.45, 2.75) is 25.3 Å². The van der Waals surface area contributed by atoms with Crippen molar-refractivity contribution in [3.05, 3.63) is 41.5 Å². The number of aromatic nitrogens is 2. The molecule has 0 aliphatic carbocycles. The summed E-state index contributed by atoms with van der Waals surface area (Å²) in [6.07, 6.45) is 2.85. The molecule has 3 heterocycles. The van der Waals surface area contributed by atoms with Crippen LogP contribution in [0.15, 0.2) is 28.8 Å². The molecule has 1 aromatic carbocycles. The maximum absolute atomic E-state index is 5.43. The summed E-state index contributed by atoms with van der Waals surface area (Å²) in [4.78, 5) is 4.54. The van der Waals surface area contributed by atoms with Gasteiger partial charge in [-0.15, -0.1) is 0 Å². The third-order valence-corrected chi connectivity index (χ3v) is 4.05. The first-order valence-electron chi connectivity index (χ1n) is 7.13. The van der Waals surface area contributed by atoms with Crippen molar-refractivity contribution >= 4 is 5.69 Å². The van der Waals surface area contributed by atoms with Crippen LogP contribution in [0.2, 0.25) is 0 Å². The zero-order valence-electron chi connectivity index (χ0n) is 11.2. The molecule has 5 nitrogen and oxygen atoms in total. The maximum Gasteiger partial charge on any atom is 0.249 e. The number of ether oxygens (including phenoxy) is 1. The molecular weight excluding hydrogens is 254 g/mol. The number of fused-ring (bicyclic) bond motifs is 1. The number of para-hydroxylation sites is 1. The number of anilines is 1. The number of benzene rings is 1. The van der Waals surface area contributed by atoms with E-state index in [0.717, 1.165) is 38.3 Å². The lowest BCUT2D eigenvalue weighted by atomic mass is 10.1. The first kappa shape index (κ1) is 11.9. The lowest BCUT2D eigenvalue weighted by Crippen LogP contribution is -2.08. The summed E-state index contributed by atoms with van der Waals surface area (Å²) in [5.74, 6) is 2.03. The van der Waals surface area contributed by atoms with E-state index in [9.17, 15) is 0 Å². The molecular formula is C15H17N3O2. The van der Waals surface area contributed by atoms with Gasteiger partial charge in [0.1, 0.15) is 6.04 Å². The lowest BCUT2D eigenvalue weighted by molar-refractivity contribution is 0.185. The van der Waals surface area contributed by atoms with Crippen LogP contribution >= 0.6 is 0 Å². The van der Waals surface area contributed by atoms with Crippen LogP contribution in [0.25, 0.3) is 0 Å².